The quantitative estimate of drug-likeness (QED) is 0.635. The zero-order chi connectivity index (χ0) is 14.3. The number of amides is 2. The zero-order valence-electron chi connectivity index (χ0n) is 11.2. The normalized spacial score (nSPS) is 18.1. The van der Waals surface area contributed by atoms with Crippen LogP contribution in [-0.2, 0) is 9.53 Å². The number of aliphatic hydroxyl groups is 1. The van der Waals surface area contributed by atoms with Crippen molar-refractivity contribution in [2.45, 2.75) is 38.4 Å². The van der Waals surface area contributed by atoms with E-state index in [4.69, 9.17) is 14.9 Å². The van der Waals surface area contributed by atoms with Crippen molar-refractivity contribution in [3.05, 3.63) is 0 Å². The number of nitrogens with zero attached hydrogens (tertiary/aromatic N) is 1. The van der Waals surface area contributed by atoms with Crippen LogP contribution >= 0.6 is 0 Å². The van der Waals surface area contributed by atoms with Crippen LogP contribution in [0, 0.1) is 0 Å². The van der Waals surface area contributed by atoms with Gasteiger partial charge in [-0.1, -0.05) is 0 Å². The SMILES string of the molecule is CCOC1CCN(C(=O)NCCC(O)C(=O)O)CC1. The van der Waals surface area contributed by atoms with Crippen molar-refractivity contribution in [2.75, 3.05) is 26.2 Å². The maximum atomic E-state index is 11.8. The number of hydrogen-bond donors (Lipinski definition) is 3. The lowest BCUT2D eigenvalue weighted by Gasteiger charge is -2.31. The van der Waals surface area contributed by atoms with Crippen molar-refractivity contribution >= 4 is 12.0 Å². The third-order valence-electron chi connectivity index (χ3n) is 3.11. The summed E-state index contributed by atoms with van der Waals surface area (Å²) in [6, 6.07) is -0.215. The van der Waals surface area contributed by atoms with Gasteiger partial charge < -0.3 is 25.2 Å². The largest absolute Gasteiger partial charge is 0.479 e. The molecule has 1 rings (SSSR count). The van der Waals surface area contributed by atoms with Gasteiger partial charge in [-0.25, -0.2) is 9.59 Å². The molecule has 3 N–H and O–H groups in total. The van der Waals surface area contributed by atoms with Crippen LogP contribution < -0.4 is 5.32 Å². The molecule has 19 heavy (non-hydrogen) atoms. The van der Waals surface area contributed by atoms with Crippen LogP contribution in [0.25, 0.3) is 0 Å². The monoisotopic (exact) mass is 274 g/mol. The molecular weight excluding hydrogens is 252 g/mol. The Balaban J connectivity index is 2.19. The highest BCUT2D eigenvalue weighted by Crippen LogP contribution is 2.13. The van der Waals surface area contributed by atoms with Crippen LogP contribution in [0.1, 0.15) is 26.2 Å². The van der Waals surface area contributed by atoms with Gasteiger partial charge in [0.15, 0.2) is 6.10 Å². The van der Waals surface area contributed by atoms with Crippen LogP contribution in [-0.4, -0.2) is 65.6 Å². The molecule has 0 radical (unpaired) electrons. The molecule has 0 bridgehead atoms. The fourth-order valence-electron chi connectivity index (χ4n) is 2.01. The minimum absolute atomic E-state index is 0.0104. The lowest BCUT2D eigenvalue weighted by Crippen LogP contribution is -2.46. The highest BCUT2D eigenvalue weighted by Gasteiger charge is 2.23. The molecule has 1 heterocycles. The number of carbonyl (C=O) groups excluding carboxylic acids is 1. The Labute approximate surface area is 112 Å². The Morgan fingerprint density at radius 2 is 2.05 bits per heavy atom. The number of rotatable bonds is 6. The Morgan fingerprint density at radius 3 is 2.58 bits per heavy atom. The molecule has 2 amide bonds. The van der Waals surface area contributed by atoms with Gasteiger partial charge in [0.1, 0.15) is 0 Å². The van der Waals surface area contributed by atoms with Crippen molar-refractivity contribution in [3.63, 3.8) is 0 Å². The first-order valence-corrected chi connectivity index (χ1v) is 6.59. The number of piperidine rings is 1. The van der Waals surface area contributed by atoms with Gasteiger partial charge in [0, 0.05) is 32.7 Å². The van der Waals surface area contributed by atoms with E-state index in [1.165, 1.54) is 0 Å². The van der Waals surface area contributed by atoms with Gasteiger partial charge in [-0.3, -0.25) is 0 Å². The average Bonchev–Trinajstić information content (AvgIpc) is 2.39. The third-order valence-corrected chi connectivity index (χ3v) is 3.11. The fraction of sp³-hybridized carbons (Fsp3) is 0.833. The van der Waals surface area contributed by atoms with Crippen molar-refractivity contribution < 1.29 is 24.5 Å². The number of nitrogens with one attached hydrogen (secondary N) is 1. The van der Waals surface area contributed by atoms with E-state index in [1.54, 1.807) is 4.90 Å². The average molecular weight is 274 g/mol. The molecule has 0 aromatic carbocycles. The van der Waals surface area contributed by atoms with E-state index in [1.807, 2.05) is 6.92 Å². The van der Waals surface area contributed by atoms with E-state index < -0.39 is 12.1 Å². The number of carbonyl (C=O) groups is 2. The zero-order valence-corrected chi connectivity index (χ0v) is 11.2. The molecule has 7 heteroatoms. The molecule has 1 aliphatic rings. The molecule has 0 aromatic rings. The van der Waals surface area contributed by atoms with E-state index in [-0.39, 0.29) is 25.1 Å². The summed E-state index contributed by atoms with van der Waals surface area (Å²) >= 11 is 0. The third kappa shape index (κ3) is 5.44. The Kier molecular flexibility index (Phi) is 6.58. The first-order valence-electron chi connectivity index (χ1n) is 6.59. The van der Waals surface area contributed by atoms with Crippen LogP contribution in [0.4, 0.5) is 4.79 Å². The molecule has 1 aliphatic heterocycles. The molecule has 7 nitrogen and oxygen atoms in total. The molecule has 0 aromatic heterocycles. The first-order chi connectivity index (χ1) is 9.04. The maximum absolute atomic E-state index is 11.8. The predicted octanol–water partition coefficient (Wildman–Crippen LogP) is 0.0325. The molecule has 1 fully saturated rings. The van der Waals surface area contributed by atoms with E-state index in [9.17, 15) is 9.59 Å². The second-order valence-corrected chi connectivity index (χ2v) is 4.52. The summed E-state index contributed by atoms with van der Waals surface area (Å²) in [5.41, 5.74) is 0. The standard InChI is InChI=1S/C12H22N2O5/c1-2-19-9-4-7-14(8-5-9)12(18)13-6-3-10(15)11(16)17/h9-10,15H,2-8H2,1H3,(H,13,18)(H,16,17). The fourth-order valence-corrected chi connectivity index (χ4v) is 2.01. The van der Waals surface area contributed by atoms with Crippen molar-refractivity contribution in [2.24, 2.45) is 0 Å². The van der Waals surface area contributed by atoms with E-state index in [2.05, 4.69) is 5.32 Å². The van der Waals surface area contributed by atoms with Crippen LogP contribution in [0.2, 0.25) is 0 Å². The molecule has 0 spiro atoms. The summed E-state index contributed by atoms with van der Waals surface area (Å²) in [5.74, 6) is -1.27. The van der Waals surface area contributed by atoms with E-state index in [0.29, 0.717) is 19.7 Å². The second kappa shape index (κ2) is 7.96. The highest BCUT2D eigenvalue weighted by molar-refractivity contribution is 5.74. The summed E-state index contributed by atoms with van der Waals surface area (Å²) in [6.45, 7) is 4.06. The van der Waals surface area contributed by atoms with Crippen molar-refractivity contribution in [1.29, 1.82) is 0 Å². The summed E-state index contributed by atoms with van der Waals surface area (Å²) in [6.07, 6.45) is 0.445. The maximum Gasteiger partial charge on any atom is 0.332 e. The van der Waals surface area contributed by atoms with Gasteiger partial charge >= 0.3 is 12.0 Å². The van der Waals surface area contributed by atoms with E-state index in [0.717, 1.165) is 12.8 Å². The number of aliphatic hydroxyl groups excluding tert-OH is 1. The lowest BCUT2D eigenvalue weighted by atomic mass is 10.1. The van der Waals surface area contributed by atoms with E-state index >= 15 is 0 Å². The molecule has 0 saturated carbocycles. The number of carboxylic acid groups (broad SMARTS) is 1. The molecule has 110 valence electrons. The minimum Gasteiger partial charge on any atom is -0.479 e. The second-order valence-electron chi connectivity index (χ2n) is 4.52. The number of carboxylic acids is 1. The highest BCUT2D eigenvalue weighted by atomic mass is 16.5. The number of hydrogen-bond acceptors (Lipinski definition) is 4. The number of aliphatic carboxylic acids is 1. The predicted molar refractivity (Wildman–Crippen MR) is 67.9 cm³/mol. The topological polar surface area (TPSA) is 99.1 Å². The molecule has 1 saturated heterocycles. The van der Waals surface area contributed by atoms with Crippen LogP contribution in [0.15, 0.2) is 0 Å². The van der Waals surface area contributed by atoms with Crippen LogP contribution in [0.5, 0.6) is 0 Å². The first kappa shape index (κ1) is 15.7. The van der Waals surface area contributed by atoms with Crippen LogP contribution in [0.3, 0.4) is 0 Å². The summed E-state index contributed by atoms with van der Waals surface area (Å²) in [7, 11) is 0. The molecule has 1 atom stereocenters. The van der Waals surface area contributed by atoms with Gasteiger partial charge in [0.2, 0.25) is 0 Å². The van der Waals surface area contributed by atoms with Gasteiger partial charge in [0.25, 0.3) is 0 Å². The van der Waals surface area contributed by atoms with Gasteiger partial charge in [0.05, 0.1) is 6.10 Å². The number of likely N-dealkylation sites (tertiary alicyclic amines) is 1. The molecule has 1 unspecified atom stereocenters. The van der Waals surface area contributed by atoms with Crippen molar-refractivity contribution in [3.8, 4) is 0 Å². The summed E-state index contributed by atoms with van der Waals surface area (Å²) in [5, 5.41) is 20.2. The number of ether oxygens (including phenoxy) is 1. The Morgan fingerprint density at radius 1 is 1.42 bits per heavy atom. The number of urea groups is 1. The molecule has 0 aliphatic carbocycles. The van der Waals surface area contributed by atoms with Gasteiger partial charge in [-0.15, -0.1) is 0 Å². The smallest absolute Gasteiger partial charge is 0.332 e. The minimum atomic E-state index is -1.43. The van der Waals surface area contributed by atoms with Gasteiger partial charge in [-0.05, 0) is 19.8 Å². The van der Waals surface area contributed by atoms with Crippen molar-refractivity contribution in [1.82, 2.24) is 10.2 Å². The van der Waals surface area contributed by atoms with Gasteiger partial charge in [-0.2, -0.15) is 0 Å². The Bertz CT molecular complexity index is 302. The lowest BCUT2D eigenvalue weighted by molar-refractivity contribution is -0.146. The summed E-state index contributed by atoms with van der Waals surface area (Å²) in [4.78, 5) is 23.8. The summed E-state index contributed by atoms with van der Waals surface area (Å²) < 4.78 is 5.49. The Hall–Kier alpha value is -1.34. The molecular formula is C12H22N2O5.